The highest BCUT2D eigenvalue weighted by atomic mass is 16.2. The van der Waals surface area contributed by atoms with Crippen LogP contribution in [-0.4, -0.2) is 66.6 Å². The maximum atomic E-state index is 12.2. The van der Waals surface area contributed by atoms with Gasteiger partial charge < -0.3 is 11.1 Å². The molecule has 1 fully saturated rings. The number of carbonyl (C=O) groups is 1. The number of nitrogens with zero attached hydrogens (tertiary/aromatic N) is 2. The Balaban J connectivity index is 2.42. The average Bonchev–Trinajstić information content (AvgIpc) is 2.38. The molecule has 0 saturated carbocycles. The van der Waals surface area contributed by atoms with Crippen LogP contribution in [0.15, 0.2) is 0 Å². The third-order valence-electron chi connectivity index (χ3n) is 4.12. The molecule has 1 amide bonds. The lowest BCUT2D eigenvalue weighted by molar-refractivity contribution is -0.128. The van der Waals surface area contributed by atoms with Crippen LogP contribution in [0.5, 0.6) is 0 Å². The maximum Gasteiger partial charge on any atom is 0.237 e. The predicted molar refractivity (Wildman–Crippen MR) is 79.0 cm³/mol. The molecule has 1 heterocycles. The van der Waals surface area contributed by atoms with E-state index in [9.17, 15) is 4.79 Å². The van der Waals surface area contributed by atoms with E-state index in [1.54, 1.807) is 0 Å². The molecule has 5 heteroatoms. The Bertz CT molecular complexity index is 285. The molecule has 0 bridgehead atoms. The zero-order valence-electron chi connectivity index (χ0n) is 12.9. The standard InChI is InChI=1S/C14H30N4O/c1-5-14(3,4)16-13(19)12(2)18-10-8-17(7-6-15)9-11-18/h12H,5-11,15H2,1-4H3,(H,16,19). The van der Waals surface area contributed by atoms with Gasteiger partial charge in [0.05, 0.1) is 6.04 Å². The van der Waals surface area contributed by atoms with Crippen LogP contribution in [0.4, 0.5) is 0 Å². The highest BCUT2D eigenvalue weighted by Crippen LogP contribution is 2.10. The smallest absolute Gasteiger partial charge is 0.237 e. The Morgan fingerprint density at radius 1 is 1.32 bits per heavy atom. The Hall–Kier alpha value is -0.650. The third kappa shape index (κ3) is 5.09. The Kier molecular flexibility index (Phi) is 6.23. The Morgan fingerprint density at radius 3 is 2.37 bits per heavy atom. The first-order valence-corrected chi connectivity index (χ1v) is 7.38. The van der Waals surface area contributed by atoms with Crippen molar-refractivity contribution in [3.05, 3.63) is 0 Å². The molecular formula is C14H30N4O. The van der Waals surface area contributed by atoms with Gasteiger partial charge in [-0.15, -0.1) is 0 Å². The molecule has 0 aromatic carbocycles. The minimum atomic E-state index is -0.118. The number of carbonyl (C=O) groups excluding carboxylic acids is 1. The third-order valence-corrected chi connectivity index (χ3v) is 4.12. The zero-order valence-corrected chi connectivity index (χ0v) is 12.9. The molecule has 19 heavy (non-hydrogen) atoms. The number of rotatable bonds is 6. The van der Waals surface area contributed by atoms with E-state index >= 15 is 0 Å². The van der Waals surface area contributed by atoms with E-state index in [0.29, 0.717) is 6.54 Å². The fourth-order valence-corrected chi connectivity index (χ4v) is 2.25. The number of hydrogen-bond acceptors (Lipinski definition) is 4. The van der Waals surface area contributed by atoms with Crippen LogP contribution in [0.3, 0.4) is 0 Å². The van der Waals surface area contributed by atoms with Crippen molar-refractivity contribution in [2.45, 2.75) is 45.7 Å². The van der Waals surface area contributed by atoms with Crippen LogP contribution in [-0.2, 0) is 4.79 Å². The van der Waals surface area contributed by atoms with Gasteiger partial charge in [-0.3, -0.25) is 14.6 Å². The van der Waals surface area contributed by atoms with Gasteiger partial charge in [-0.05, 0) is 27.2 Å². The van der Waals surface area contributed by atoms with Crippen molar-refractivity contribution in [2.24, 2.45) is 5.73 Å². The summed E-state index contributed by atoms with van der Waals surface area (Å²) in [5.41, 5.74) is 5.45. The van der Waals surface area contributed by atoms with E-state index in [2.05, 4.69) is 35.9 Å². The molecular weight excluding hydrogens is 240 g/mol. The van der Waals surface area contributed by atoms with Crippen LogP contribution in [0.2, 0.25) is 0 Å². The van der Waals surface area contributed by atoms with Gasteiger partial charge in [0.1, 0.15) is 0 Å². The van der Waals surface area contributed by atoms with Gasteiger partial charge >= 0.3 is 0 Å². The van der Waals surface area contributed by atoms with Crippen molar-refractivity contribution < 1.29 is 4.79 Å². The number of amides is 1. The molecule has 3 N–H and O–H groups in total. The van der Waals surface area contributed by atoms with Crippen LogP contribution in [0.1, 0.15) is 34.1 Å². The number of hydrogen-bond donors (Lipinski definition) is 2. The number of nitrogens with two attached hydrogens (primary N) is 1. The van der Waals surface area contributed by atoms with Crippen molar-refractivity contribution in [1.82, 2.24) is 15.1 Å². The summed E-state index contributed by atoms with van der Waals surface area (Å²) in [6.45, 7) is 13.8. The minimum Gasteiger partial charge on any atom is -0.350 e. The molecule has 1 aliphatic rings. The molecule has 1 rings (SSSR count). The van der Waals surface area contributed by atoms with Crippen molar-refractivity contribution in [3.8, 4) is 0 Å². The van der Waals surface area contributed by atoms with Crippen molar-refractivity contribution in [1.29, 1.82) is 0 Å². The summed E-state index contributed by atoms with van der Waals surface area (Å²) >= 11 is 0. The molecule has 0 aromatic heterocycles. The number of piperazine rings is 1. The van der Waals surface area contributed by atoms with Crippen molar-refractivity contribution in [3.63, 3.8) is 0 Å². The predicted octanol–water partition coefficient (Wildman–Crippen LogP) is 0.256. The van der Waals surface area contributed by atoms with Crippen LogP contribution in [0, 0.1) is 0 Å². The SMILES string of the molecule is CCC(C)(C)NC(=O)C(C)N1CCN(CCN)CC1. The van der Waals surface area contributed by atoms with Crippen LogP contribution in [0.25, 0.3) is 0 Å². The van der Waals surface area contributed by atoms with Gasteiger partial charge in [0, 0.05) is 44.8 Å². The molecule has 1 unspecified atom stereocenters. The van der Waals surface area contributed by atoms with E-state index in [1.165, 1.54) is 0 Å². The van der Waals surface area contributed by atoms with Crippen molar-refractivity contribution >= 4 is 5.91 Å². The lowest BCUT2D eigenvalue weighted by atomic mass is 10.0. The average molecular weight is 270 g/mol. The highest BCUT2D eigenvalue weighted by Gasteiger charge is 2.28. The molecule has 0 aliphatic carbocycles. The van der Waals surface area contributed by atoms with Gasteiger partial charge in [-0.2, -0.15) is 0 Å². The first-order chi connectivity index (χ1) is 8.89. The second-order valence-corrected chi connectivity index (χ2v) is 6.07. The first-order valence-electron chi connectivity index (χ1n) is 7.38. The first kappa shape index (κ1) is 16.4. The molecule has 0 radical (unpaired) electrons. The minimum absolute atomic E-state index is 0.0501. The maximum absolute atomic E-state index is 12.2. The second kappa shape index (κ2) is 7.22. The molecule has 112 valence electrons. The fourth-order valence-electron chi connectivity index (χ4n) is 2.25. The van der Waals surface area contributed by atoms with E-state index in [1.807, 2.05) is 6.92 Å². The Labute approximate surface area is 117 Å². The monoisotopic (exact) mass is 270 g/mol. The summed E-state index contributed by atoms with van der Waals surface area (Å²) in [4.78, 5) is 16.9. The molecule has 1 aliphatic heterocycles. The summed E-state index contributed by atoms with van der Waals surface area (Å²) < 4.78 is 0. The summed E-state index contributed by atoms with van der Waals surface area (Å²) in [5.74, 6) is 0.138. The molecule has 0 spiro atoms. The zero-order chi connectivity index (χ0) is 14.5. The van der Waals surface area contributed by atoms with Crippen molar-refractivity contribution in [2.75, 3.05) is 39.3 Å². The van der Waals surface area contributed by atoms with Crippen LogP contribution < -0.4 is 11.1 Å². The van der Waals surface area contributed by atoms with Gasteiger partial charge in [0.25, 0.3) is 0 Å². The summed E-state index contributed by atoms with van der Waals surface area (Å²) in [5, 5.41) is 3.13. The van der Waals surface area contributed by atoms with E-state index in [4.69, 9.17) is 5.73 Å². The van der Waals surface area contributed by atoms with Gasteiger partial charge in [-0.1, -0.05) is 6.92 Å². The quantitative estimate of drug-likeness (QED) is 0.726. The van der Waals surface area contributed by atoms with Gasteiger partial charge in [0.2, 0.25) is 5.91 Å². The highest BCUT2D eigenvalue weighted by molar-refractivity contribution is 5.82. The van der Waals surface area contributed by atoms with E-state index in [-0.39, 0.29) is 17.5 Å². The molecule has 1 saturated heterocycles. The fraction of sp³-hybridized carbons (Fsp3) is 0.929. The van der Waals surface area contributed by atoms with E-state index in [0.717, 1.165) is 39.1 Å². The summed E-state index contributed by atoms with van der Waals surface area (Å²) in [7, 11) is 0. The Morgan fingerprint density at radius 2 is 1.89 bits per heavy atom. The largest absolute Gasteiger partial charge is 0.350 e. The summed E-state index contributed by atoms with van der Waals surface area (Å²) in [6.07, 6.45) is 0.940. The topological polar surface area (TPSA) is 61.6 Å². The molecule has 0 aromatic rings. The lowest BCUT2D eigenvalue weighted by Crippen LogP contribution is -2.56. The van der Waals surface area contributed by atoms with Crippen LogP contribution >= 0.6 is 0 Å². The lowest BCUT2D eigenvalue weighted by Gasteiger charge is -2.38. The normalized spacial score (nSPS) is 20.3. The molecule has 1 atom stereocenters. The van der Waals surface area contributed by atoms with Gasteiger partial charge in [-0.25, -0.2) is 0 Å². The molecule has 5 nitrogen and oxygen atoms in total. The second-order valence-electron chi connectivity index (χ2n) is 6.07. The summed E-state index contributed by atoms with van der Waals surface area (Å²) in [6, 6.07) is -0.0501. The number of nitrogens with one attached hydrogen (secondary N) is 1. The van der Waals surface area contributed by atoms with E-state index < -0.39 is 0 Å². The van der Waals surface area contributed by atoms with Gasteiger partial charge in [0.15, 0.2) is 0 Å².